The maximum Gasteiger partial charge on any atom is 0.318 e. The first-order valence-corrected chi connectivity index (χ1v) is 11.9. The summed E-state index contributed by atoms with van der Waals surface area (Å²) in [5, 5.41) is 6.52. The summed E-state index contributed by atoms with van der Waals surface area (Å²) in [4.78, 5) is 26.1. The van der Waals surface area contributed by atoms with Crippen LogP contribution in [0.2, 0.25) is 0 Å². The molecule has 0 saturated carbocycles. The van der Waals surface area contributed by atoms with Gasteiger partial charge in [0, 0.05) is 38.5 Å². The Labute approximate surface area is 197 Å². The molecule has 0 radical (unpaired) electrons. The highest BCUT2D eigenvalue weighted by atomic mass is 19.2. The molecule has 2 unspecified atom stereocenters. The number of likely N-dealkylation sites (N-methyl/N-ethyl adjacent to an activating group) is 1. The highest BCUT2D eigenvalue weighted by molar-refractivity contribution is 5.75. The second kappa shape index (κ2) is 9.79. The lowest BCUT2D eigenvalue weighted by molar-refractivity contribution is 0.0903. The molecule has 34 heavy (non-hydrogen) atoms. The van der Waals surface area contributed by atoms with Gasteiger partial charge in [-0.05, 0) is 56.0 Å². The van der Waals surface area contributed by atoms with Gasteiger partial charge in [-0.1, -0.05) is 6.07 Å². The first kappa shape index (κ1) is 22.9. The van der Waals surface area contributed by atoms with Crippen LogP contribution in [-0.2, 0) is 17.7 Å². The minimum atomic E-state index is -0.875. The van der Waals surface area contributed by atoms with Crippen molar-refractivity contribution < 1.29 is 18.3 Å². The molecule has 2 fully saturated rings. The van der Waals surface area contributed by atoms with Crippen molar-refractivity contribution in [3.63, 3.8) is 0 Å². The van der Waals surface area contributed by atoms with Crippen LogP contribution in [-0.4, -0.2) is 71.2 Å². The number of nitrogens with zero attached hydrogens (tertiary/aromatic N) is 4. The number of hydrogen-bond donors (Lipinski definition) is 2. The molecule has 3 aliphatic heterocycles. The third-order valence-corrected chi connectivity index (χ3v) is 7.03. The summed E-state index contributed by atoms with van der Waals surface area (Å²) < 4.78 is 32.7. The molecule has 182 valence electrons. The molecule has 10 heteroatoms. The Balaban J connectivity index is 1.25. The van der Waals surface area contributed by atoms with Crippen LogP contribution in [0, 0.1) is 11.6 Å². The average Bonchev–Trinajstić information content (AvgIpc) is 3.20. The number of carbonyl (C=O) groups is 1. The van der Waals surface area contributed by atoms with Gasteiger partial charge >= 0.3 is 6.03 Å². The molecule has 2 atom stereocenters. The maximum absolute atomic E-state index is 13.8. The SMILES string of the molecule is CN1CCC(NC(=O)N2CCc3cnc(NC4CCOCC4)nc3C2)C1c1ccc(F)c(F)c1. The monoisotopic (exact) mass is 472 g/mol. The van der Waals surface area contributed by atoms with Gasteiger partial charge in [-0.25, -0.2) is 23.5 Å². The Morgan fingerprint density at radius 2 is 1.97 bits per heavy atom. The maximum atomic E-state index is 13.8. The van der Waals surface area contributed by atoms with E-state index in [-0.39, 0.29) is 18.1 Å². The quantitative estimate of drug-likeness (QED) is 0.712. The van der Waals surface area contributed by atoms with Gasteiger partial charge < -0.3 is 20.3 Å². The predicted octanol–water partition coefficient (Wildman–Crippen LogP) is 2.86. The minimum Gasteiger partial charge on any atom is -0.381 e. The van der Waals surface area contributed by atoms with Gasteiger partial charge in [-0.2, -0.15) is 0 Å². The van der Waals surface area contributed by atoms with Crippen LogP contribution in [0.15, 0.2) is 24.4 Å². The van der Waals surface area contributed by atoms with Crippen molar-refractivity contribution in [2.75, 3.05) is 38.7 Å². The number of ether oxygens (including phenoxy) is 1. The van der Waals surface area contributed by atoms with Crippen molar-refractivity contribution in [1.82, 2.24) is 25.1 Å². The van der Waals surface area contributed by atoms with Gasteiger partial charge in [0.15, 0.2) is 11.6 Å². The highest BCUT2D eigenvalue weighted by Crippen LogP contribution is 2.32. The van der Waals surface area contributed by atoms with Crippen molar-refractivity contribution in [3.05, 3.63) is 52.9 Å². The fourth-order valence-corrected chi connectivity index (χ4v) is 5.10. The van der Waals surface area contributed by atoms with E-state index in [1.54, 1.807) is 11.0 Å². The molecular formula is C24H30F2N6O2. The molecular weight excluding hydrogens is 442 g/mol. The Morgan fingerprint density at radius 1 is 1.15 bits per heavy atom. The van der Waals surface area contributed by atoms with Crippen molar-refractivity contribution in [2.45, 2.75) is 50.4 Å². The summed E-state index contributed by atoms with van der Waals surface area (Å²) in [6.45, 7) is 3.21. The van der Waals surface area contributed by atoms with Gasteiger partial charge in [0.1, 0.15) is 0 Å². The average molecular weight is 473 g/mol. The van der Waals surface area contributed by atoms with Crippen LogP contribution in [0.3, 0.4) is 0 Å². The number of hydrogen-bond acceptors (Lipinski definition) is 6. The third kappa shape index (κ3) is 4.83. The van der Waals surface area contributed by atoms with Gasteiger partial charge in [0.25, 0.3) is 0 Å². The number of halogens is 2. The van der Waals surface area contributed by atoms with E-state index in [9.17, 15) is 13.6 Å². The number of aromatic nitrogens is 2. The first-order chi connectivity index (χ1) is 16.5. The second-order valence-electron chi connectivity index (χ2n) is 9.31. The fraction of sp³-hybridized carbons (Fsp3) is 0.542. The van der Waals surface area contributed by atoms with Crippen molar-refractivity contribution in [3.8, 4) is 0 Å². The Kier molecular flexibility index (Phi) is 6.60. The van der Waals surface area contributed by atoms with E-state index in [2.05, 4.69) is 20.5 Å². The first-order valence-electron chi connectivity index (χ1n) is 11.9. The van der Waals surface area contributed by atoms with Crippen LogP contribution < -0.4 is 10.6 Å². The van der Waals surface area contributed by atoms with Crippen LogP contribution in [0.1, 0.15) is 42.1 Å². The number of carbonyl (C=O) groups excluding carboxylic acids is 1. The molecule has 0 aliphatic carbocycles. The number of rotatable bonds is 4. The molecule has 3 aliphatic rings. The zero-order valence-corrected chi connectivity index (χ0v) is 19.3. The Hall–Kier alpha value is -2.85. The van der Waals surface area contributed by atoms with Gasteiger partial charge in [-0.3, -0.25) is 4.90 Å². The third-order valence-electron chi connectivity index (χ3n) is 7.03. The van der Waals surface area contributed by atoms with Gasteiger partial charge in [0.2, 0.25) is 5.95 Å². The number of urea groups is 1. The zero-order chi connectivity index (χ0) is 23.7. The summed E-state index contributed by atoms with van der Waals surface area (Å²) in [6.07, 6.45) is 5.12. The largest absolute Gasteiger partial charge is 0.381 e. The molecule has 0 spiro atoms. The second-order valence-corrected chi connectivity index (χ2v) is 9.31. The van der Waals surface area contributed by atoms with E-state index < -0.39 is 11.6 Å². The molecule has 2 amide bonds. The van der Waals surface area contributed by atoms with E-state index in [4.69, 9.17) is 9.72 Å². The number of anilines is 1. The fourth-order valence-electron chi connectivity index (χ4n) is 5.10. The highest BCUT2D eigenvalue weighted by Gasteiger charge is 2.36. The van der Waals surface area contributed by atoms with Gasteiger partial charge in [0.05, 0.1) is 24.3 Å². The molecule has 2 aromatic rings. The van der Waals surface area contributed by atoms with Crippen molar-refractivity contribution in [1.29, 1.82) is 0 Å². The summed E-state index contributed by atoms with van der Waals surface area (Å²) in [6, 6.07) is 3.67. The van der Waals surface area contributed by atoms with Crippen LogP contribution in [0.25, 0.3) is 0 Å². The molecule has 5 rings (SSSR count). The molecule has 1 aromatic heterocycles. The lowest BCUT2D eigenvalue weighted by atomic mass is 10.00. The number of nitrogens with one attached hydrogen (secondary N) is 2. The van der Waals surface area contributed by atoms with Crippen LogP contribution in [0.4, 0.5) is 19.5 Å². The molecule has 0 bridgehead atoms. The molecule has 8 nitrogen and oxygen atoms in total. The summed E-state index contributed by atoms with van der Waals surface area (Å²) in [5.74, 6) is -1.16. The number of amides is 2. The van der Waals surface area contributed by atoms with Crippen LogP contribution >= 0.6 is 0 Å². The summed E-state index contributed by atoms with van der Waals surface area (Å²) in [5.41, 5.74) is 2.57. The summed E-state index contributed by atoms with van der Waals surface area (Å²) >= 11 is 0. The summed E-state index contributed by atoms with van der Waals surface area (Å²) in [7, 11) is 1.93. The number of fused-ring (bicyclic) bond motifs is 1. The molecule has 2 N–H and O–H groups in total. The molecule has 1 aromatic carbocycles. The van der Waals surface area contributed by atoms with Gasteiger partial charge in [-0.15, -0.1) is 0 Å². The minimum absolute atomic E-state index is 0.170. The Morgan fingerprint density at radius 3 is 2.76 bits per heavy atom. The van der Waals surface area contributed by atoms with E-state index in [0.29, 0.717) is 37.1 Å². The molecule has 2 saturated heterocycles. The lowest BCUT2D eigenvalue weighted by Gasteiger charge is -2.32. The van der Waals surface area contributed by atoms with Crippen molar-refractivity contribution in [2.24, 2.45) is 0 Å². The smallest absolute Gasteiger partial charge is 0.318 e. The molecule has 4 heterocycles. The zero-order valence-electron chi connectivity index (χ0n) is 19.3. The predicted molar refractivity (Wildman–Crippen MR) is 122 cm³/mol. The van der Waals surface area contributed by atoms with E-state index in [0.717, 1.165) is 56.3 Å². The van der Waals surface area contributed by atoms with E-state index in [1.807, 2.05) is 13.2 Å². The topological polar surface area (TPSA) is 82.6 Å². The van der Waals surface area contributed by atoms with Crippen LogP contribution in [0.5, 0.6) is 0 Å². The number of benzene rings is 1. The Bertz CT molecular complexity index is 1050. The lowest BCUT2D eigenvalue weighted by Crippen LogP contribution is -2.48. The normalized spacial score (nSPS) is 23.6. The standard InChI is InChI=1S/C24H30F2N6O2/c1-31-8-5-20(22(31)15-2-3-18(25)19(26)12-15)30-24(33)32-9-4-16-13-27-23(29-21(16)14-32)28-17-6-10-34-11-7-17/h2-3,12-13,17,20,22H,4-11,14H2,1H3,(H,30,33)(H,27,28,29). The van der Waals surface area contributed by atoms with Crippen molar-refractivity contribution >= 4 is 12.0 Å². The van der Waals surface area contributed by atoms with E-state index >= 15 is 0 Å². The van der Waals surface area contributed by atoms with E-state index in [1.165, 1.54) is 6.07 Å². The number of likely N-dealkylation sites (tertiary alicyclic amines) is 1.